The first-order valence-electron chi connectivity index (χ1n) is 28.6. The monoisotopic (exact) mass is 1060 g/mol. The summed E-state index contributed by atoms with van der Waals surface area (Å²) < 4.78 is 8.85. The molecule has 0 fully saturated rings. The summed E-state index contributed by atoms with van der Waals surface area (Å²) in [4.78, 5) is 5.08. The van der Waals surface area contributed by atoms with Crippen LogP contribution in [0.5, 0.6) is 0 Å². The van der Waals surface area contributed by atoms with Crippen LogP contribution in [0.4, 0.5) is 34.1 Å². The van der Waals surface area contributed by atoms with Gasteiger partial charge in [0.05, 0.1) is 11.0 Å². The molecular weight excluding hydrogens is 1010 g/mol. The molecule has 13 aromatic carbocycles. The topological polar surface area (TPSA) is 24.6 Å². The van der Waals surface area contributed by atoms with E-state index in [0.717, 1.165) is 84.0 Å². The van der Waals surface area contributed by atoms with Crippen LogP contribution < -0.4 is 26.2 Å². The second-order valence-electron chi connectivity index (χ2n) is 22.0. The molecule has 0 N–H and O–H groups in total. The SMILES string of the molecule is c1ccc(-c2ccc(N3c4ccc(-c5ccccc5)cc4B4c5ccc(-c6ccc7c(c6)c6ccccc6n7-c6ccccc6)cc5N(c5ccc(-c6ccccc6)cc5)c5cc(-c6ccc7oc8ccccc8c7c6)cc3c54)cc2)cc1. The van der Waals surface area contributed by atoms with Gasteiger partial charge in [0.25, 0.3) is 6.71 Å². The van der Waals surface area contributed by atoms with E-state index in [1.807, 2.05) is 6.07 Å². The summed E-state index contributed by atoms with van der Waals surface area (Å²) >= 11 is 0. The predicted molar refractivity (Wildman–Crippen MR) is 349 cm³/mol. The van der Waals surface area contributed by atoms with E-state index in [1.165, 1.54) is 71.6 Å². The molecule has 0 atom stereocenters. The lowest BCUT2D eigenvalue weighted by Crippen LogP contribution is -2.61. The minimum atomic E-state index is -0.122. The maximum atomic E-state index is 6.45. The third-order valence-electron chi connectivity index (χ3n) is 17.4. The minimum absolute atomic E-state index is 0.122. The van der Waals surface area contributed by atoms with E-state index in [0.29, 0.717) is 0 Å². The van der Waals surface area contributed by atoms with Gasteiger partial charge in [0.15, 0.2) is 0 Å². The van der Waals surface area contributed by atoms with E-state index in [-0.39, 0.29) is 6.71 Å². The Morgan fingerprint density at radius 3 is 1.36 bits per heavy atom. The first kappa shape index (κ1) is 47.0. The van der Waals surface area contributed by atoms with Crippen LogP contribution in [0.2, 0.25) is 0 Å². The summed E-state index contributed by atoms with van der Waals surface area (Å²) in [5.41, 5.74) is 27.5. The van der Waals surface area contributed by atoms with E-state index in [1.54, 1.807) is 0 Å². The van der Waals surface area contributed by atoms with Crippen molar-refractivity contribution in [3.05, 3.63) is 303 Å². The number of anilines is 6. The molecule has 5 heteroatoms. The standard InChI is InChI=1S/C78H50BN3O/c1-5-17-51(18-6-1)54-29-37-62(38-30-54)81-72-43-35-58(53-21-9-3-10-22-53)47-69(72)79-68-41-33-59(56-34-42-71-66(45-56)64-25-13-15-27-70(64)80(71)61-23-11-4-12-24-61)48-73(68)82(63-39-31-55(32-40-63)52-19-7-2-8-20-52)75-50-60(49-74(81)78(75)79)57-36-44-77-67(46-57)65-26-14-16-28-76(65)83-77/h1-50H. The molecule has 0 bridgehead atoms. The maximum Gasteiger partial charge on any atom is 0.252 e. The van der Waals surface area contributed by atoms with Gasteiger partial charge < -0.3 is 18.8 Å². The normalized spacial score (nSPS) is 12.5. The largest absolute Gasteiger partial charge is 0.456 e. The van der Waals surface area contributed by atoms with Crippen molar-refractivity contribution in [1.82, 2.24) is 4.57 Å². The number of nitrogens with zero attached hydrogens (tertiary/aromatic N) is 3. The minimum Gasteiger partial charge on any atom is -0.456 e. The molecule has 4 nitrogen and oxygen atoms in total. The fourth-order valence-electron chi connectivity index (χ4n) is 13.5. The van der Waals surface area contributed by atoms with Gasteiger partial charge in [-0.05, 0) is 169 Å². The van der Waals surface area contributed by atoms with Crippen molar-refractivity contribution in [3.63, 3.8) is 0 Å². The zero-order valence-electron chi connectivity index (χ0n) is 45.2. The molecule has 15 aromatic rings. The Bertz CT molecular complexity index is 5010. The van der Waals surface area contributed by atoms with Crippen LogP contribution in [-0.4, -0.2) is 11.3 Å². The van der Waals surface area contributed by atoms with Gasteiger partial charge in [-0.2, -0.15) is 0 Å². The molecule has 2 aliphatic rings. The van der Waals surface area contributed by atoms with Crippen molar-refractivity contribution in [1.29, 1.82) is 0 Å². The Morgan fingerprint density at radius 1 is 0.241 bits per heavy atom. The molecule has 0 spiro atoms. The molecule has 2 aliphatic heterocycles. The number of hydrogen-bond donors (Lipinski definition) is 0. The smallest absolute Gasteiger partial charge is 0.252 e. The van der Waals surface area contributed by atoms with E-state index < -0.39 is 0 Å². The summed E-state index contributed by atoms with van der Waals surface area (Å²) in [6.45, 7) is -0.122. The molecular formula is C78H50BN3O. The second kappa shape index (κ2) is 18.9. The van der Waals surface area contributed by atoms with Crippen LogP contribution in [0.3, 0.4) is 0 Å². The molecule has 0 amide bonds. The Balaban J connectivity index is 0.937. The molecule has 83 heavy (non-hydrogen) atoms. The van der Waals surface area contributed by atoms with Crippen molar-refractivity contribution in [3.8, 4) is 61.3 Å². The average Bonchev–Trinajstić information content (AvgIpc) is 1.78. The Hall–Kier alpha value is -10.9. The van der Waals surface area contributed by atoms with Crippen LogP contribution in [0, 0.1) is 0 Å². The highest BCUT2D eigenvalue weighted by Crippen LogP contribution is 2.48. The Morgan fingerprint density at radius 2 is 0.687 bits per heavy atom. The second-order valence-corrected chi connectivity index (χ2v) is 22.0. The fourth-order valence-corrected chi connectivity index (χ4v) is 13.5. The number of benzene rings is 13. The van der Waals surface area contributed by atoms with E-state index in [2.05, 4.69) is 312 Å². The van der Waals surface area contributed by atoms with Gasteiger partial charge in [0.1, 0.15) is 11.2 Å². The van der Waals surface area contributed by atoms with E-state index in [9.17, 15) is 0 Å². The van der Waals surface area contributed by atoms with Gasteiger partial charge in [0.2, 0.25) is 0 Å². The highest BCUT2D eigenvalue weighted by molar-refractivity contribution is 7.00. The third-order valence-corrected chi connectivity index (χ3v) is 17.4. The molecule has 4 heterocycles. The lowest BCUT2D eigenvalue weighted by atomic mass is 9.33. The average molecular weight is 1060 g/mol. The van der Waals surface area contributed by atoms with Gasteiger partial charge in [-0.15, -0.1) is 0 Å². The van der Waals surface area contributed by atoms with Gasteiger partial charge >= 0.3 is 0 Å². The lowest BCUT2D eigenvalue weighted by molar-refractivity contribution is 0.669. The molecule has 0 radical (unpaired) electrons. The summed E-state index contributed by atoms with van der Waals surface area (Å²) in [5.74, 6) is 0. The zero-order valence-corrected chi connectivity index (χ0v) is 45.2. The maximum absolute atomic E-state index is 6.45. The van der Waals surface area contributed by atoms with Gasteiger partial charge in [-0.25, -0.2) is 0 Å². The first-order valence-corrected chi connectivity index (χ1v) is 28.6. The number of rotatable bonds is 8. The number of fused-ring (bicyclic) bond motifs is 10. The van der Waals surface area contributed by atoms with Crippen molar-refractivity contribution in [2.75, 3.05) is 9.80 Å². The van der Waals surface area contributed by atoms with Crippen molar-refractivity contribution < 1.29 is 4.42 Å². The number of para-hydroxylation sites is 3. The van der Waals surface area contributed by atoms with E-state index in [4.69, 9.17) is 4.42 Å². The first-order chi connectivity index (χ1) is 41.1. The van der Waals surface area contributed by atoms with Crippen LogP contribution >= 0.6 is 0 Å². The predicted octanol–water partition coefficient (Wildman–Crippen LogP) is 19.1. The van der Waals surface area contributed by atoms with Crippen LogP contribution in [0.25, 0.3) is 105 Å². The summed E-state index contributed by atoms with van der Waals surface area (Å²) in [6.07, 6.45) is 0. The molecule has 0 aliphatic carbocycles. The molecule has 386 valence electrons. The van der Waals surface area contributed by atoms with Crippen LogP contribution in [-0.2, 0) is 0 Å². The van der Waals surface area contributed by atoms with Gasteiger partial charge in [-0.1, -0.05) is 206 Å². The third kappa shape index (κ3) is 7.62. The highest BCUT2D eigenvalue weighted by Gasteiger charge is 2.44. The number of furan rings is 1. The molecule has 2 aromatic heterocycles. The van der Waals surface area contributed by atoms with Crippen molar-refractivity contribution in [2.24, 2.45) is 0 Å². The fraction of sp³-hybridized carbons (Fsp3) is 0. The zero-order chi connectivity index (χ0) is 54.5. The summed E-state index contributed by atoms with van der Waals surface area (Å²) in [6, 6.07) is 112. The molecule has 0 unspecified atom stereocenters. The Kier molecular flexibility index (Phi) is 10.7. The van der Waals surface area contributed by atoms with E-state index >= 15 is 0 Å². The number of aromatic nitrogens is 1. The number of hydrogen-bond acceptors (Lipinski definition) is 3. The van der Waals surface area contributed by atoms with Crippen molar-refractivity contribution >= 4 is 101 Å². The van der Waals surface area contributed by atoms with Crippen molar-refractivity contribution in [2.45, 2.75) is 0 Å². The van der Waals surface area contributed by atoms with Gasteiger partial charge in [0, 0.05) is 61.4 Å². The lowest BCUT2D eigenvalue weighted by Gasteiger charge is -2.44. The molecule has 0 saturated heterocycles. The summed E-state index contributed by atoms with van der Waals surface area (Å²) in [7, 11) is 0. The van der Waals surface area contributed by atoms with Gasteiger partial charge in [-0.3, -0.25) is 0 Å². The molecule has 0 saturated carbocycles. The summed E-state index contributed by atoms with van der Waals surface area (Å²) in [5, 5.41) is 4.66. The quantitative estimate of drug-likeness (QED) is 0.142. The highest BCUT2D eigenvalue weighted by atomic mass is 16.3. The van der Waals surface area contributed by atoms with Crippen LogP contribution in [0.15, 0.2) is 308 Å². The Labute approximate surface area is 481 Å². The van der Waals surface area contributed by atoms with Crippen LogP contribution in [0.1, 0.15) is 0 Å². The molecule has 17 rings (SSSR count).